The fourth-order valence-corrected chi connectivity index (χ4v) is 1.54. The zero-order chi connectivity index (χ0) is 11.4. The molecule has 0 saturated heterocycles. The Balaban J connectivity index is 2.19. The van der Waals surface area contributed by atoms with E-state index in [2.05, 4.69) is 27.8 Å². The molecule has 2 rings (SSSR count). The Morgan fingerprint density at radius 1 is 1.25 bits per heavy atom. The lowest BCUT2D eigenvalue weighted by Gasteiger charge is -2.11. The molecule has 0 spiro atoms. The summed E-state index contributed by atoms with van der Waals surface area (Å²) in [7, 11) is 3.95. The SMILES string of the molecule is CN(C)NCc1cn[nH]c1-c1ccccc1. The van der Waals surface area contributed by atoms with E-state index in [1.54, 1.807) is 0 Å². The van der Waals surface area contributed by atoms with Crippen LogP contribution in [0.1, 0.15) is 5.56 Å². The topological polar surface area (TPSA) is 44.0 Å². The highest BCUT2D eigenvalue weighted by atomic mass is 15.5. The van der Waals surface area contributed by atoms with Crippen molar-refractivity contribution >= 4 is 0 Å². The highest BCUT2D eigenvalue weighted by Gasteiger charge is 2.06. The molecule has 0 aliphatic heterocycles. The maximum Gasteiger partial charge on any atom is 0.0695 e. The minimum Gasteiger partial charge on any atom is -0.278 e. The molecule has 0 atom stereocenters. The molecule has 0 fully saturated rings. The number of H-pyrrole nitrogens is 1. The Morgan fingerprint density at radius 3 is 2.69 bits per heavy atom. The Hall–Kier alpha value is -1.65. The van der Waals surface area contributed by atoms with Gasteiger partial charge in [-0.1, -0.05) is 30.3 Å². The summed E-state index contributed by atoms with van der Waals surface area (Å²) in [6.45, 7) is 0.772. The van der Waals surface area contributed by atoms with Gasteiger partial charge in [-0.05, 0) is 5.56 Å². The number of hydrogen-bond donors (Lipinski definition) is 2. The monoisotopic (exact) mass is 216 g/mol. The summed E-state index contributed by atoms with van der Waals surface area (Å²) in [4.78, 5) is 0. The van der Waals surface area contributed by atoms with Crippen LogP contribution in [0.2, 0.25) is 0 Å². The van der Waals surface area contributed by atoms with Crippen molar-refractivity contribution in [3.63, 3.8) is 0 Å². The molecule has 0 aliphatic rings. The molecule has 2 aromatic rings. The zero-order valence-corrected chi connectivity index (χ0v) is 9.57. The number of hydrazine groups is 1. The average molecular weight is 216 g/mol. The van der Waals surface area contributed by atoms with Crippen LogP contribution in [0.5, 0.6) is 0 Å². The highest BCUT2D eigenvalue weighted by molar-refractivity contribution is 5.62. The standard InChI is InChI=1S/C12H16N4/c1-16(2)14-9-11-8-13-15-12(11)10-6-4-3-5-7-10/h3-8,14H,9H2,1-2H3,(H,13,15). The van der Waals surface area contributed by atoms with E-state index in [4.69, 9.17) is 0 Å². The van der Waals surface area contributed by atoms with E-state index in [0.29, 0.717) is 0 Å². The molecule has 4 heteroatoms. The van der Waals surface area contributed by atoms with Crippen LogP contribution in [-0.4, -0.2) is 29.3 Å². The summed E-state index contributed by atoms with van der Waals surface area (Å²) < 4.78 is 0. The van der Waals surface area contributed by atoms with Gasteiger partial charge in [0, 0.05) is 26.2 Å². The molecule has 2 N–H and O–H groups in total. The van der Waals surface area contributed by atoms with Crippen molar-refractivity contribution in [1.82, 2.24) is 20.6 Å². The molecule has 0 unspecified atom stereocenters. The maximum absolute atomic E-state index is 4.09. The molecule has 4 nitrogen and oxygen atoms in total. The third-order valence-electron chi connectivity index (χ3n) is 2.37. The summed E-state index contributed by atoms with van der Waals surface area (Å²) in [5.74, 6) is 0. The number of hydrogen-bond acceptors (Lipinski definition) is 3. The largest absolute Gasteiger partial charge is 0.278 e. The predicted octanol–water partition coefficient (Wildman–Crippen LogP) is 1.64. The number of rotatable bonds is 4. The first-order valence-corrected chi connectivity index (χ1v) is 5.26. The molecule has 16 heavy (non-hydrogen) atoms. The fraction of sp³-hybridized carbons (Fsp3) is 0.250. The molecule has 0 bridgehead atoms. The lowest BCUT2D eigenvalue weighted by atomic mass is 10.1. The summed E-state index contributed by atoms with van der Waals surface area (Å²) in [6, 6.07) is 10.2. The molecule has 1 heterocycles. The predicted molar refractivity (Wildman–Crippen MR) is 64.6 cm³/mol. The van der Waals surface area contributed by atoms with Crippen LogP contribution in [0, 0.1) is 0 Å². The van der Waals surface area contributed by atoms with Gasteiger partial charge in [-0.15, -0.1) is 0 Å². The lowest BCUT2D eigenvalue weighted by molar-refractivity contribution is 0.286. The number of nitrogens with zero attached hydrogens (tertiary/aromatic N) is 2. The second kappa shape index (κ2) is 4.92. The van der Waals surface area contributed by atoms with Crippen molar-refractivity contribution in [2.75, 3.05) is 14.1 Å². The molecule has 84 valence electrons. The van der Waals surface area contributed by atoms with Crippen LogP contribution >= 0.6 is 0 Å². The van der Waals surface area contributed by atoms with Crippen LogP contribution in [0.4, 0.5) is 0 Å². The van der Waals surface area contributed by atoms with Crippen molar-refractivity contribution in [3.8, 4) is 11.3 Å². The van der Waals surface area contributed by atoms with Crippen molar-refractivity contribution in [1.29, 1.82) is 0 Å². The Morgan fingerprint density at radius 2 is 2.00 bits per heavy atom. The number of aromatic amines is 1. The number of aromatic nitrogens is 2. The van der Waals surface area contributed by atoms with Gasteiger partial charge in [0.05, 0.1) is 11.9 Å². The van der Waals surface area contributed by atoms with Gasteiger partial charge < -0.3 is 0 Å². The summed E-state index contributed by atoms with van der Waals surface area (Å²) in [6.07, 6.45) is 1.86. The lowest BCUT2D eigenvalue weighted by Crippen LogP contribution is -2.29. The molecular formula is C12H16N4. The van der Waals surface area contributed by atoms with E-state index < -0.39 is 0 Å². The van der Waals surface area contributed by atoms with E-state index >= 15 is 0 Å². The summed E-state index contributed by atoms with van der Waals surface area (Å²) >= 11 is 0. The van der Waals surface area contributed by atoms with Gasteiger partial charge >= 0.3 is 0 Å². The van der Waals surface area contributed by atoms with Crippen LogP contribution in [-0.2, 0) is 6.54 Å². The second-order valence-electron chi connectivity index (χ2n) is 3.87. The third kappa shape index (κ3) is 2.48. The smallest absolute Gasteiger partial charge is 0.0695 e. The summed E-state index contributed by atoms with van der Waals surface area (Å²) in [5.41, 5.74) is 6.64. The first kappa shape index (κ1) is 10.9. The Bertz CT molecular complexity index is 433. The molecule has 0 radical (unpaired) electrons. The van der Waals surface area contributed by atoms with Crippen LogP contribution in [0.3, 0.4) is 0 Å². The molecule has 0 amide bonds. The maximum atomic E-state index is 4.09. The van der Waals surface area contributed by atoms with E-state index in [9.17, 15) is 0 Å². The van der Waals surface area contributed by atoms with Gasteiger partial charge in [-0.25, -0.2) is 0 Å². The van der Waals surface area contributed by atoms with Crippen molar-refractivity contribution < 1.29 is 0 Å². The van der Waals surface area contributed by atoms with E-state index in [-0.39, 0.29) is 0 Å². The fourth-order valence-electron chi connectivity index (χ4n) is 1.54. The minimum atomic E-state index is 0.772. The van der Waals surface area contributed by atoms with Gasteiger partial charge in [-0.2, -0.15) is 5.10 Å². The van der Waals surface area contributed by atoms with E-state index in [1.807, 2.05) is 43.5 Å². The first-order chi connectivity index (χ1) is 7.77. The summed E-state index contributed by atoms with van der Waals surface area (Å²) in [5, 5.41) is 9.06. The van der Waals surface area contributed by atoms with Crippen molar-refractivity contribution in [2.24, 2.45) is 0 Å². The van der Waals surface area contributed by atoms with Gasteiger partial charge in [0.15, 0.2) is 0 Å². The normalized spacial score (nSPS) is 10.9. The molecule has 0 aliphatic carbocycles. The number of nitrogens with one attached hydrogen (secondary N) is 2. The van der Waals surface area contributed by atoms with Crippen LogP contribution in [0.25, 0.3) is 11.3 Å². The molecular weight excluding hydrogens is 200 g/mol. The van der Waals surface area contributed by atoms with Gasteiger partial charge in [0.25, 0.3) is 0 Å². The Labute approximate surface area is 95.3 Å². The van der Waals surface area contributed by atoms with Crippen molar-refractivity contribution in [2.45, 2.75) is 6.54 Å². The molecule has 1 aromatic heterocycles. The number of benzene rings is 1. The van der Waals surface area contributed by atoms with Crippen LogP contribution < -0.4 is 5.43 Å². The quantitative estimate of drug-likeness (QED) is 0.764. The zero-order valence-electron chi connectivity index (χ0n) is 9.57. The van der Waals surface area contributed by atoms with Gasteiger partial charge in [-0.3, -0.25) is 15.5 Å². The molecule has 0 saturated carbocycles. The second-order valence-corrected chi connectivity index (χ2v) is 3.87. The third-order valence-corrected chi connectivity index (χ3v) is 2.37. The highest BCUT2D eigenvalue weighted by Crippen LogP contribution is 2.20. The van der Waals surface area contributed by atoms with Gasteiger partial charge in [0.2, 0.25) is 0 Å². The molecule has 1 aromatic carbocycles. The average Bonchev–Trinajstić information content (AvgIpc) is 2.75. The Kier molecular flexibility index (Phi) is 3.34. The van der Waals surface area contributed by atoms with E-state index in [1.165, 1.54) is 5.56 Å². The van der Waals surface area contributed by atoms with Crippen molar-refractivity contribution in [3.05, 3.63) is 42.1 Å². The first-order valence-electron chi connectivity index (χ1n) is 5.26. The van der Waals surface area contributed by atoms with Gasteiger partial charge in [0.1, 0.15) is 0 Å². The minimum absolute atomic E-state index is 0.772. The van der Waals surface area contributed by atoms with E-state index in [0.717, 1.165) is 17.8 Å². The van der Waals surface area contributed by atoms with Crippen LogP contribution in [0.15, 0.2) is 36.5 Å².